The van der Waals surface area contributed by atoms with E-state index in [0.717, 1.165) is 48.5 Å². The van der Waals surface area contributed by atoms with Crippen LogP contribution in [0.15, 0.2) is 48.7 Å². The molecule has 1 atom stereocenters. The number of para-hydroxylation sites is 1. The van der Waals surface area contributed by atoms with Crippen molar-refractivity contribution in [3.05, 3.63) is 64.3 Å². The Morgan fingerprint density at radius 3 is 2.62 bits per heavy atom. The molecule has 1 unspecified atom stereocenters. The molecule has 0 saturated carbocycles. The Morgan fingerprint density at radius 1 is 1.24 bits per heavy atom. The van der Waals surface area contributed by atoms with Gasteiger partial charge in [-0.1, -0.05) is 46.6 Å². The summed E-state index contributed by atoms with van der Waals surface area (Å²) >= 11 is 12.2. The number of ether oxygens (including phenoxy) is 1. The number of hydrogen-bond acceptors (Lipinski definition) is 5. The minimum Gasteiger partial charge on any atom is -0.488 e. The minimum absolute atomic E-state index is 0.348. The molecule has 1 aliphatic rings. The van der Waals surface area contributed by atoms with E-state index in [1.165, 1.54) is 0 Å². The third kappa shape index (κ3) is 7.09. The van der Waals surface area contributed by atoms with Gasteiger partial charge in [0.2, 0.25) is 0 Å². The van der Waals surface area contributed by atoms with Gasteiger partial charge in [0.1, 0.15) is 18.1 Å². The lowest BCUT2D eigenvalue weighted by Crippen LogP contribution is -2.31. The number of carbonyl (C=O) groups is 1. The van der Waals surface area contributed by atoms with Crippen molar-refractivity contribution in [2.75, 3.05) is 13.1 Å². The number of carboxylic acid groups (broad SMARTS) is 1. The summed E-state index contributed by atoms with van der Waals surface area (Å²) in [5.74, 6) is -2.01. The maximum atomic E-state index is 10.6. The van der Waals surface area contributed by atoms with Gasteiger partial charge in [0.05, 0.1) is 12.2 Å². The van der Waals surface area contributed by atoms with Crippen molar-refractivity contribution < 1.29 is 27.8 Å². The first-order chi connectivity index (χ1) is 16.1. The topological polar surface area (TPSA) is 89.3 Å². The van der Waals surface area contributed by atoms with E-state index in [0.29, 0.717) is 22.7 Å². The molecule has 0 radical (unpaired) electrons. The SMILES string of the molecule is Clc1ccc(COc2ccccc2-c2cn(C3CCCNC3)nn2)c(Cl)c1.O=C(O)C(F)(F)F. The molecule has 2 N–H and O–H groups in total. The summed E-state index contributed by atoms with van der Waals surface area (Å²) in [4.78, 5) is 8.90. The summed E-state index contributed by atoms with van der Waals surface area (Å²) in [6.07, 6.45) is -0.820. The van der Waals surface area contributed by atoms with Gasteiger partial charge in [-0.3, -0.25) is 0 Å². The van der Waals surface area contributed by atoms with Crippen molar-refractivity contribution in [2.24, 2.45) is 0 Å². The molecule has 2 aromatic carbocycles. The zero-order valence-electron chi connectivity index (χ0n) is 17.7. The number of halogens is 5. The van der Waals surface area contributed by atoms with Crippen molar-refractivity contribution in [1.29, 1.82) is 0 Å². The predicted octanol–water partition coefficient (Wildman–Crippen LogP) is 5.39. The highest BCUT2D eigenvalue weighted by molar-refractivity contribution is 6.35. The van der Waals surface area contributed by atoms with E-state index in [-0.39, 0.29) is 0 Å². The third-order valence-electron chi connectivity index (χ3n) is 4.96. The van der Waals surface area contributed by atoms with E-state index < -0.39 is 12.1 Å². The van der Waals surface area contributed by atoms with Crippen molar-refractivity contribution >= 4 is 29.2 Å². The number of aromatic nitrogens is 3. The van der Waals surface area contributed by atoms with Crippen LogP contribution in [0.5, 0.6) is 5.75 Å². The van der Waals surface area contributed by atoms with Gasteiger partial charge in [0.25, 0.3) is 0 Å². The summed E-state index contributed by atoms with van der Waals surface area (Å²) in [7, 11) is 0. The number of nitrogens with one attached hydrogen (secondary N) is 1. The van der Waals surface area contributed by atoms with Gasteiger partial charge in [-0.05, 0) is 43.7 Å². The highest BCUT2D eigenvalue weighted by Crippen LogP contribution is 2.31. The molecule has 7 nitrogen and oxygen atoms in total. The van der Waals surface area contributed by atoms with Crippen LogP contribution in [0.1, 0.15) is 24.4 Å². The molecule has 1 saturated heterocycles. The Labute approximate surface area is 203 Å². The van der Waals surface area contributed by atoms with Gasteiger partial charge in [-0.15, -0.1) is 5.10 Å². The molecular formula is C22H21Cl2F3N4O3. The highest BCUT2D eigenvalue weighted by atomic mass is 35.5. The number of carboxylic acids is 1. The normalized spacial score (nSPS) is 15.9. The second-order valence-electron chi connectivity index (χ2n) is 7.41. The first-order valence-electron chi connectivity index (χ1n) is 10.2. The van der Waals surface area contributed by atoms with Crippen molar-refractivity contribution in [3.63, 3.8) is 0 Å². The number of benzene rings is 2. The molecule has 4 rings (SSSR count). The molecule has 3 aromatic rings. The molecule has 1 aromatic heterocycles. The second kappa shape index (κ2) is 11.5. The van der Waals surface area contributed by atoms with E-state index in [1.807, 2.05) is 47.3 Å². The average Bonchev–Trinajstić information content (AvgIpc) is 3.29. The molecule has 1 fully saturated rings. The van der Waals surface area contributed by atoms with Crippen LogP contribution in [0.2, 0.25) is 10.0 Å². The van der Waals surface area contributed by atoms with Crippen LogP contribution in [0, 0.1) is 0 Å². The standard InChI is InChI=1S/C20H20Cl2N4O.C2HF3O2/c21-15-8-7-14(18(22)10-15)13-27-20-6-2-1-5-17(20)19-12-26(25-24-19)16-4-3-9-23-11-16;3-2(4,5)1(6)7/h1-2,5-8,10,12,16,23H,3-4,9,11,13H2;(H,6,7). The Hall–Kier alpha value is -2.82. The summed E-state index contributed by atoms with van der Waals surface area (Å²) in [5, 5.41) is 20.4. The van der Waals surface area contributed by atoms with Crippen LogP contribution in [0.25, 0.3) is 11.3 Å². The van der Waals surface area contributed by atoms with E-state index in [4.69, 9.17) is 37.8 Å². The largest absolute Gasteiger partial charge is 0.490 e. The molecule has 12 heteroatoms. The maximum Gasteiger partial charge on any atom is 0.490 e. The Bertz CT molecular complexity index is 1120. The summed E-state index contributed by atoms with van der Waals surface area (Å²) in [6.45, 7) is 2.35. The van der Waals surface area contributed by atoms with Gasteiger partial charge < -0.3 is 15.2 Å². The molecule has 0 aliphatic carbocycles. The fourth-order valence-electron chi connectivity index (χ4n) is 3.24. The lowest BCUT2D eigenvalue weighted by Gasteiger charge is -2.22. The monoisotopic (exact) mass is 516 g/mol. The first-order valence-corrected chi connectivity index (χ1v) is 11.0. The number of aliphatic carboxylic acids is 1. The lowest BCUT2D eigenvalue weighted by molar-refractivity contribution is -0.192. The molecule has 0 bridgehead atoms. The van der Waals surface area contributed by atoms with E-state index >= 15 is 0 Å². The van der Waals surface area contributed by atoms with Crippen LogP contribution < -0.4 is 10.1 Å². The molecule has 0 spiro atoms. The average molecular weight is 517 g/mol. The van der Waals surface area contributed by atoms with Gasteiger partial charge >= 0.3 is 12.1 Å². The van der Waals surface area contributed by atoms with E-state index in [2.05, 4.69) is 15.6 Å². The van der Waals surface area contributed by atoms with Gasteiger partial charge in [-0.2, -0.15) is 13.2 Å². The number of rotatable bonds is 5. The van der Waals surface area contributed by atoms with Crippen molar-refractivity contribution in [2.45, 2.75) is 31.7 Å². The van der Waals surface area contributed by atoms with E-state index in [1.54, 1.807) is 6.07 Å². The number of alkyl halides is 3. The smallest absolute Gasteiger partial charge is 0.488 e. The van der Waals surface area contributed by atoms with E-state index in [9.17, 15) is 13.2 Å². The van der Waals surface area contributed by atoms with Gasteiger partial charge in [0.15, 0.2) is 0 Å². The molecule has 1 aliphatic heterocycles. The lowest BCUT2D eigenvalue weighted by atomic mass is 10.1. The Kier molecular flexibility index (Phi) is 8.76. The van der Waals surface area contributed by atoms with Gasteiger partial charge in [0, 0.05) is 27.7 Å². The summed E-state index contributed by atoms with van der Waals surface area (Å²) in [6, 6.07) is 13.6. The van der Waals surface area contributed by atoms with Crippen LogP contribution in [-0.2, 0) is 11.4 Å². The Balaban J connectivity index is 0.000000406. The van der Waals surface area contributed by atoms with Crippen molar-refractivity contribution in [1.82, 2.24) is 20.3 Å². The number of nitrogens with zero attached hydrogens (tertiary/aromatic N) is 3. The molecule has 182 valence electrons. The summed E-state index contributed by atoms with van der Waals surface area (Å²) in [5.41, 5.74) is 2.60. The third-order valence-corrected chi connectivity index (χ3v) is 5.55. The zero-order valence-corrected chi connectivity index (χ0v) is 19.2. The van der Waals surface area contributed by atoms with Gasteiger partial charge in [-0.25, -0.2) is 9.48 Å². The quantitative estimate of drug-likeness (QED) is 0.472. The van der Waals surface area contributed by atoms with Crippen LogP contribution in [0.4, 0.5) is 13.2 Å². The number of hydrogen-bond donors (Lipinski definition) is 2. The molecule has 2 heterocycles. The van der Waals surface area contributed by atoms with Crippen LogP contribution in [0.3, 0.4) is 0 Å². The summed E-state index contributed by atoms with van der Waals surface area (Å²) < 4.78 is 39.7. The predicted molar refractivity (Wildman–Crippen MR) is 121 cm³/mol. The highest BCUT2D eigenvalue weighted by Gasteiger charge is 2.38. The molecule has 0 amide bonds. The molecular weight excluding hydrogens is 496 g/mol. The number of piperidine rings is 1. The van der Waals surface area contributed by atoms with Crippen LogP contribution >= 0.6 is 23.2 Å². The molecule has 34 heavy (non-hydrogen) atoms. The van der Waals surface area contributed by atoms with Crippen molar-refractivity contribution in [3.8, 4) is 17.0 Å². The van der Waals surface area contributed by atoms with Crippen LogP contribution in [-0.4, -0.2) is 45.3 Å². The zero-order chi connectivity index (χ0) is 24.7. The fourth-order valence-corrected chi connectivity index (χ4v) is 3.70. The minimum atomic E-state index is -5.08. The maximum absolute atomic E-state index is 10.6. The second-order valence-corrected chi connectivity index (χ2v) is 8.25. The fraction of sp³-hybridized carbons (Fsp3) is 0.318. The first kappa shape index (κ1) is 25.8. The Morgan fingerprint density at radius 2 is 1.97 bits per heavy atom.